The van der Waals surface area contributed by atoms with Gasteiger partial charge in [-0.25, -0.2) is 4.79 Å². The van der Waals surface area contributed by atoms with Crippen molar-refractivity contribution in [2.45, 2.75) is 0 Å². The molecule has 1 amide bonds. The third-order valence-electron chi connectivity index (χ3n) is 2.31. The molecule has 0 atom stereocenters. The van der Waals surface area contributed by atoms with Crippen molar-refractivity contribution in [3.63, 3.8) is 0 Å². The first-order valence-electron chi connectivity index (χ1n) is 4.53. The largest absolute Gasteiger partial charge is 0.477 e. The van der Waals surface area contributed by atoms with Gasteiger partial charge in [-0.05, 0) is 18.2 Å². The highest BCUT2D eigenvalue weighted by Crippen LogP contribution is 2.29. The van der Waals surface area contributed by atoms with Crippen LogP contribution in [0.2, 0.25) is 5.02 Å². The lowest BCUT2D eigenvalue weighted by molar-refractivity contribution is -0.132. The van der Waals surface area contributed by atoms with Crippen molar-refractivity contribution in [1.82, 2.24) is 5.32 Å². The van der Waals surface area contributed by atoms with Crippen LogP contribution in [0.25, 0.3) is 5.70 Å². The van der Waals surface area contributed by atoms with Crippen LogP contribution in [0.5, 0.6) is 0 Å². The van der Waals surface area contributed by atoms with Crippen LogP contribution in [0.1, 0.15) is 15.9 Å². The maximum absolute atomic E-state index is 11.5. The molecule has 0 bridgehead atoms. The van der Waals surface area contributed by atoms with Gasteiger partial charge in [-0.1, -0.05) is 11.6 Å². The number of carboxylic acids is 1. The molecule has 1 aromatic carbocycles. The van der Waals surface area contributed by atoms with Crippen LogP contribution in [0.3, 0.4) is 0 Å². The van der Waals surface area contributed by atoms with E-state index >= 15 is 0 Å². The molecule has 0 saturated heterocycles. The van der Waals surface area contributed by atoms with Gasteiger partial charge in [0.1, 0.15) is 6.07 Å². The molecule has 17 heavy (non-hydrogen) atoms. The number of carbonyl (C=O) groups excluding carboxylic acids is 1. The Hall–Kier alpha value is -2.32. The second kappa shape index (κ2) is 3.92. The van der Waals surface area contributed by atoms with E-state index in [0.717, 1.165) is 0 Å². The molecule has 1 aliphatic rings. The van der Waals surface area contributed by atoms with Gasteiger partial charge in [0.05, 0.1) is 5.70 Å². The van der Waals surface area contributed by atoms with Crippen LogP contribution < -0.4 is 5.32 Å². The highest BCUT2D eigenvalue weighted by molar-refractivity contribution is 6.31. The van der Waals surface area contributed by atoms with Gasteiger partial charge in [0.15, 0.2) is 5.57 Å². The van der Waals surface area contributed by atoms with E-state index in [1.165, 1.54) is 18.2 Å². The Morgan fingerprint density at radius 2 is 2.12 bits per heavy atom. The fourth-order valence-corrected chi connectivity index (χ4v) is 1.75. The maximum atomic E-state index is 11.5. The monoisotopic (exact) mass is 248 g/mol. The van der Waals surface area contributed by atoms with Crippen molar-refractivity contribution < 1.29 is 14.7 Å². The number of nitrogens with zero attached hydrogens (tertiary/aromatic N) is 1. The van der Waals surface area contributed by atoms with E-state index in [0.29, 0.717) is 16.1 Å². The Balaban J connectivity index is 2.73. The second-order valence-electron chi connectivity index (χ2n) is 3.31. The summed E-state index contributed by atoms with van der Waals surface area (Å²) < 4.78 is 0. The SMILES string of the molecule is N#C/C(C(=O)O)=C1\NC(=O)c2ccc(Cl)cc21. The first-order valence-corrected chi connectivity index (χ1v) is 4.91. The number of benzene rings is 1. The Kier molecular flexibility index (Phi) is 2.58. The molecule has 0 radical (unpaired) electrons. The third-order valence-corrected chi connectivity index (χ3v) is 2.54. The second-order valence-corrected chi connectivity index (χ2v) is 3.75. The standard InChI is InChI=1S/C11H5ClN2O3/c12-5-1-2-6-7(3-5)9(14-10(6)15)8(4-13)11(16)17/h1-3H,(H,14,15)(H,16,17)/b9-8+. The number of halogens is 1. The summed E-state index contributed by atoms with van der Waals surface area (Å²) in [6.45, 7) is 0. The van der Waals surface area contributed by atoms with E-state index in [1.54, 1.807) is 6.07 Å². The molecule has 0 saturated carbocycles. The van der Waals surface area contributed by atoms with E-state index in [9.17, 15) is 9.59 Å². The molecule has 84 valence electrons. The predicted octanol–water partition coefficient (Wildman–Crippen LogP) is 1.40. The molecule has 0 fully saturated rings. The smallest absolute Gasteiger partial charge is 0.348 e. The van der Waals surface area contributed by atoms with Crippen LogP contribution in [0, 0.1) is 11.3 Å². The minimum atomic E-state index is -1.39. The molecule has 0 unspecified atom stereocenters. The average molecular weight is 249 g/mol. The summed E-state index contributed by atoms with van der Waals surface area (Å²) in [7, 11) is 0. The lowest BCUT2D eigenvalue weighted by atomic mass is 10.1. The zero-order valence-corrected chi connectivity index (χ0v) is 9.08. The van der Waals surface area contributed by atoms with Crippen LogP contribution in [-0.4, -0.2) is 17.0 Å². The van der Waals surface area contributed by atoms with E-state index in [-0.39, 0.29) is 5.70 Å². The van der Waals surface area contributed by atoms with Gasteiger partial charge in [-0.2, -0.15) is 5.26 Å². The van der Waals surface area contributed by atoms with E-state index in [2.05, 4.69) is 5.32 Å². The lowest BCUT2D eigenvalue weighted by Gasteiger charge is -2.01. The minimum Gasteiger partial charge on any atom is -0.477 e. The summed E-state index contributed by atoms with van der Waals surface area (Å²) >= 11 is 5.77. The molecule has 0 aromatic heterocycles. The Morgan fingerprint density at radius 3 is 2.71 bits per heavy atom. The first kappa shape index (κ1) is 11.2. The van der Waals surface area contributed by atoms with Crippen molar-refractivity contribution in [1.29, 1.82) is 5.26 Å². The fourth-order valence-electron chi connectivity index (χ4n) is 1.58. The molecule has 1 aromatic rings. The number of carbonyl (C=O) groups is 2. The van der Waals surface area contributed by atoms with Crippen molar-refractivity contribution in [3.8, 4) is 6.07 Å². The topological polar surface area (TPSA) is 90.2 Å². The molecular weight excluding hydrogens is 244 g/mol. The molecule has 0 spiro atoms. The third kappa shape index (κ3) is 1.75. The molecule has 5 nitrogen and oxygen atoms in total. The number of nitrogens with one attached hydrogen (secondary N) is 1. The summed E-state index contributed by atoms with van der Waals surface area (Å²) in [6.07, 6.45) is 0. The average Bonchev–Trinajstić information content (AvgIpc) is 2.56. The number of hydrogen-bond donors (Lipinski definition) is 2. The van der Waals surface area contributed by atoms with Crippen molar-refractivity contribution in [3.05, 3.63) is 39.9 Å². The van der Waals surface area contributed by atoms with Gasteiger partial charge in [0.2, 0.25) is 0 Å². The van der Waals surface area contributed by atoms with Crippen molar-refractivity contribution in [2.24, 2.45) is 0 Å². The van der Waals surface area contributed by atoms with Gasteiger partial charge < -0.3 is 10.4 Å². The molecule has 2 N–H and O–H groups in total. The molecular formula is C11H5ClN2O3. The van der Waals surface area contributed by atoms with Crippen molar-refractivity contribution >= 4 is 29.2 Å². The van der Waals surface area contributed by atoms with E-state index in [1.807, 2.05) is 0 Å². The maximum Gasteiger partial charge on any atom is 0.348 e. The van der Waals surface area contributed by atoms with Gasteiger partial charge in [-0.15, -0.1) is 0 Å². The molecule has 0 aliphatic carbocycles. The molecule has 6 heteroatoms. The number of fused-ring (bicyclic) bond motifs is 1. The summed E-state index contributed by atoms with van der Waals surface area (Å²) in [4.78, 5) is 22.4. The predicted molar refractivity (Wildman–Crippen MR) is 59.1 cm³/mol. The minimum absolute atomic E-state index is 0.0116. The normalized spacial score (nSPS) is 15.9. The van der Waals surface area contributed by atoms with Crippen molar-refractivity contribution in [2.75, 3.05) is 0 Å². The van der Waals surface area contributed by atoms with Gasteiger partial charge in [0, 0.05) is 16.1 Å². The molecule has 1 aliphatic heterocycles. The first-order chi connectivity index (χ1) is 8.04. The molecule has 1 heterocycles. The zero-order chi connectivity index (χ0) is 12.6. The fraction of sp³-hybridized carbons (Fsp3) is 0. The Bertz CT molecular complexity index is 614. The number of nitriles is 1. The number of amides is 1. The zero-order valence-electron chi connectivity index (χ0n) is 8.32. The van der Waals surface area contributed by atoms with Gasteiger partial charge in [0.25, 0.3) is 5.91 Å². The number of rotatable bonds is 1. The van der Waals surface area contributed by atoms with E-state index in [4.69, 9.17) is 22.0 Å². The molecule has 2 rings (SSSR count). The van der Waals surface area contributed by atoms with E-state index < -0.39 is 17.4 Å². The summed E-state index contributed by atoms with van der Waals surface area (Å²) in [5.41, 5.74) is 0.113. The summed E-state index contributed by atoms with van der Waals surface area (Å²) in [6, 6.07) is 6.00. The number of hydrogen-bond acceptors (Lipinski definition) is 3. The Labute approximate surface area is 101 Å². The van der Waals surface area contributed by atoms with Crippen LogP contribution >= 0.6 is 11.6 Å². The highest BCUT2D eigenvalue weighted by Gasteiger charge is 2.28. The number of carboxylic acid groups (broad SMARTS) is 1. The summed E-state index contributed by atoms with van der Waals surface area (Å²) in [5, 5.41) is 20.3. The number of aliphatic carboxylic acids is 1. The highest BCUT2D eigenvalue weighted by atomic mass is 35.5. The van der Waals surface area contributed by atoms with Gasteiger partial charge in [-0.3, -0.25) is 4.79 Å². The van der Waals surface area contributed by atoms with Crippen LogP contribution in [0.15, 0.2) is 23.8 Å². The lowest BCUT2D eigenvalue weighted by Crippen LogP contribution is -2.15. The summed E-state index contributed by atoms with van der Waals surface area (Å²) in [5.74, 6) is -1.84. The Morgan fingerprint density at radius 1 is 1.41 bits per heavy atom. The van der Waals surface area contributed by atoms with Crippen LogP contribution in [-0.2, 0) is 4.79 Å². The van der Waals surface area contributed by atoms with Gasteiger partial charge >= 0.3 is 5.97 Å². The van der Waals surface area contributed by atoms with Crippen LogP contribution in [0.4, 0.5) is 0 Å². The quantitative estimate of drug-likeness (QED) is 0.581.